The van der Waals surface area contributed by atoms with Crippen LogP contribution in [-0.4, -0.2) is 49.0 Å². The van der Waals surface area contributed by atoms with E-state index in [9.17, 15) is 5.11 Å². The second-order valence-corrected chi connectivity index (χ2v) is 5.65. The highest BCUT2D eigenvalue weighted by Gasteiger charge is 2.23. The van der Waals surface area contributed by atoms with E-state index in [2.05, 4.69) is 35.1 Å². The number of hydrogen-bond acceptors (Lipinski definition) is 5. The van der Waals surface area contributed by atoms with Gasteiger partial charge in [0.2, 0.25) is 0 Å². The molecule has 5 nitrogen and oxygen atoms in total. The lowest BCUT2D eigenvalue weighted by atomic mass is 10.2. The molecule has 0 amide bonds. The zero-order valence-corrected chi connectivity index (χ0v) is 12.4. The summed E-state index contributed by atoms with van der Waals surface area (Å²) in [6, 6.07) is 4.14. The maximum Gasteiger partial charge on any atom is 0.128 e. The van der Waals surface area contributed by atoms with Gasteiger partial charge in [0.05, 0.1) is 25.9 Å². The molecule has 1 aliphatic rings. The Labute approximate surface area is 121 Å². The standard InChI is InChI=1S/C15H25N3O2/c1-12(2)7-16-8-13-3-4-15(17-9-13)18-5-6-20-11-14(18)10-19/h3-4,9,12,14,16,19H,5-8,10-11H2,1-2H3. The van der Waals surface area contributed by atoms with Crippen molar-refractivity contribution in [2.24, 2.45) is 5.92 Å². The average Bonchev–Trinajstić information content (AvgIpc) is 2.47. The van der Waals surface area contributed by atoms with Crippen LogP contribution in [0.5, 0.6) is 0 Å². The zero-order valence-electron chi connectivity index (χ0n) is 12.4. The van der Waals surface area contributed by atoms with Crippen LogP contribution >= 0.6 is 0 Å². The van der Waals surface area contributed by atoms with Crippen molar-refractivity contribution in [1.82, 2.24) is 10.3 Å². The molecule has 1 fully saturated rings. The minimum absolute atomic E-state index is 0.0150. The van der Waals surface area contributed by atoms with Gasteiger partial charge in [0, 0.05) is 19.3 Å². The summed E-state index contributed by atoms with van der Waals surface area (Å²) in [6.07, 6.45) is 1.91. The fourth-order valence-electron chi connectivity index (χ4n) is 2.30. The van der Waals surface area contributed by atoms with E-state index in [1.165, 1.54) is 5.56 Å². The van der Waals surface area contributed by atoms with Crippen molar-refractivity contribution < 1.29 is 9.84 Å². The summed E-state index contributed by atoms with van der Waals surface area (Å²) >= 11 is 0. The number of rotatable bonds is 6. The molecular weight excluding hydrogens is 254 g/mol. The molecule has 1 unspecified atom stereocenters. The summed E-state index contributed by atoms with van der Waals surface area (Å²) in [6.45, 7) is 8.38. The van der Waals surface area contributed by atoms with E-state index in [1.807, 2.05) is 12.3 Å². The van der Waals surface area contributed by atoms with Gasteiger partial charge in [-0.15, -0.1) is 0 Å². The maximum absolute atomic E-state index is 9.39. The van der Waals surface area contributed by atoms with Crippen molar-refractivity contribution in [3.05, 3.63) is 23.9 Å². The Morgan fingerprint density at radius 3 is 3.00 bits per heavy atom. The van der Waals surface area contributed by atoms with Gasteiger partial charge >= 0.3 is 0 Å². The van der Waals surface area contributed by atoms with Crippen molar-refractivity contribution in [2.45, 2.75) is 26.4 Å². The molecule has 1 aliphatic heterocycles. The highest BCUT2D eigenvalue weighted by Crippen LogP contribution is 2.17. The number of aromatic nitrogens is 1. The number of anilines is 1. The Morgan fingerprint density at radius 2 is 2.35 bits per heavy atom. The molecule has 20 heavy (non-hydrogen) atoms. The van der Waals surface area contributed by atoms with Crippen molar-refractivity contribution in [2.75, 3.05) is 37.8 Å². The van der Waals surface area contributed by atoms with Crippen LogP contribution < -0.4 is 10.2 Å². The number of nitrogens with zero attached hydrogens (tertiary/aromatic N) is 2. The van der Waals surface area contributed by atoms with E-state index in [0.717, 1.165) is 25.5 Å². The second kappa shape index (κ2) is 7.57. The van der Waals surface area contributed by atoms with E-state index in [1.54, 1.807) is 0 Å². The lowest BCUT2D eigenvalue weighted by molar-refractivity contribution is 0.0723. The van der Waals surface area contributed by atoms with E-state index in [4.69, 9.17) is 4.74 Å². The Hall–Kier alpha value is -1.17. The molecule has 5 heteroatoms. The van der Waals surface area contributed by atoms with E-state index in [-0.39, 0.29) is 12.6 Å². The van der Waals surface area contributed by atoms with Crippen molar-refractivity contribution in [1.29, 1.82) is 0 Å². The third kappa shape index (κ3) is 4.16. The molecule has 1 atom stereocenters. The summed E-state index contributed by atoms with van der Waals surface area (Å²) in [5, 5.41) is 12.8. The van der Waals surface area contributed by atoms with Crippen LogP contribution in [0.2, 0.25) is 0 Å². The number of aliphatic hydroxyl groups is 1. The smallest absolute Gasteiger partial charge is 0.128 e. The minimum atomic E-state index is 0.0150. The first-order valence-corrected chi connectivity index (χ1v) is 7.31. The van der Waals surface area contributed by atoms with Crippen LogP contribution in [0.25, 0.3) is 0 Å². The molecule has 2 N–H and O–H groups in total. The topological polar surface area (TPSA) is 57.6 Å². The Morgan fingerprint density at radius 1 is 1.50 bits per heavy atom. The molecule has 0 spiro atoms. The first-order valence-electron chi connectivity index (χ1n) is 7.31. The molecule has 1 aromatic rings. The van der Waals surface area contributed by atoms with Gasteiger partial charge in [0.15, 0.2) is 0 Å². The second-order valence-electron chi connectivity index (χ2n) is 5.65. The fourth-order valence-corrected chi connectivity index (χ4v) is 2.30. The molecule has 1 saturated heterocycles. The quantitative estimate of drug-likeness (QED) is 0.814. The predicted molar refractivity (Wildman–Crippen MR) is 79.8 cm³/mol. The van der Waals surface area contributed by atoms with Crippen LogP contribution in [0.1, 0.15) is 19.4 Å². The molecule has 2 heterocycles. The molecule has 0 bridgehead atoms. The summed E-state index contributed by atoms with van der Waals surface area (Å²) in [5.74, 6) is 1.57. The maximum atomic E-state index is 9.39. The Kier molecular flexibility index (Phi) is 5.76. The van der Waals surface area contributed by atoms with Gasteiger partial charge < -0.3 is 20.1 Å². The van der Waals surface area contributed by atoms with Gasteiger partial charge in [-0.05, 0) is 24.1 Å². The summed E-state index contributed by atoms with van der Waals surface area (Å²) in [5.41, 5.74) is 1.18. The summed E-state index contributed by atoms with van der Waals surface area (Å²) in [7, 11) is 0. The first kappa shape index (κ1) is 15.2. The molecule has 0 saturated carbocycles. The minimum Gasteiger partial charge on any atom is -0.394 e. The van der Waals surface area contributed by atoms with Crippen LogP contribution in [0.15, 0.2) is 18.3 Å². The molecule has 0 radical (unpaired) electrons. The number of ether oxygens (including phenoxy) is 1. The number of pyridine rings is 1. The molecule has 112 valence electrons. The number of aliphatic hydroxyl groups excluding tert-OH is 1. The SMILES string of the molecule is CC(C)CNCc1ccc(N2CCOCC2CO)nc1. The normalized spacial score (nSPS) is 19.6. The van der Waals surface area contributed by atoms with Gasteiger partial charge in [-0.2, -0.15) is 0 Å². The van der Waals surface area contributed by atoms with Crippen LogP contribution in [0, 0.1) is 5.92 Å². The average molecular weight is 279 g/mol. The van der Waals surface area contributed by atoms with E-state index in [0.29, 0.717) is 19.1 Å². The summed E-state index contributed by atoms with van der Waals surface area (Å²) in [4.78, 5) is 6.64. The summed E-state index contributed by atoms with van der Waals surface area (Å²) < 4.78 is 5.38. The molecular formula is C15H25N3O2. The van der Waals surface area contributed by atoms with E-state index < -0.39 is 0 Å². The predicted octanol–water partition coefficient (Wildman–Crippen LogP) is 1.02. The van der Waals surface area contributed by atoms with Gasteiger partial charge in [-0.25, -0.2) is 4.98 Å². The molecule has 0 aromatic carbocycles. The Balaban J connectivity index is 1.93. The van der Waals surface area contributed by atoms with Crippen LogP contribution in [0.3, 0.4) is 0 Å². The van der Waals surface area contributed by atoms with Crippen LogP contribution in [0.4, 0.5) is 5.82 Å². The highest BCUT2D eigenvalue weighted by molar-refractivity contribution is 5.41. The van der Waals surface area contributed by atoms with E-state index >= 15 is 0 Å². The monoisotopic (exact) mass is 279 g/mol. The lowest BCUT2D eigenvalue weighted by Crippen LogP contribution is -2.48. The van der Waals surface area contributed by atoms with Crippen molar-refractivity contribution in [3.8, 4) is 0 Å². The molecule has 0 aliphatic carbocycles. The first-order chi connectivity index (χ1) is 9.70. The largest absolute Gasteiger partial charge is 0.394 e. The van der Waals surface area contributed by atoms with Gasteiger partial charge in [-0.3, -0.25) is 0 Å². The number of morpholine rings is 1. The third-order valence-electron chi connectivity index (χ3n) is 3.42. The van der Waals surface area contributed by atoms with Gasteiger partial charge in [-0.1, -0.05) is 19.9 Å². The highest BCUT2D eigenvalue weighted by atomic mass is 16.5. The Bertz CT molecular complexity index is 395. The molecule has 2 rings (SSSR count). The molecule has 1 aromatic heterocycles. The fraction of sp³-hybridized carbons (Fsp3) is 0.667. The van der Waals surface area contributed by atoms with Crippen molar-refractivity contribution in [3.63, 3.8) is 0 Å². The third-order valence-corrected chi connectivity index (χ3v) is 3.42. The van der Waals surface area contributed by atoms with Gasteiger partial charge in [0.25, 0.3) is 0 Å². The van der Waals surface area contributed by atoms with Crippen molar-refractivity contribution >= 4 is 5.82 Å². The number of hydrogen-bond donors (Lipinski definition) is 2. The van der Waals surface area contributed by atoms with Crippen LogP contribution in [-0.2, 0) is 11.3 Å². The zero-order chi connectivity index (χ0) is 14.4. The lowest BCUT2D eigenvalue weighted by Gasteiger charge is -2.35. The van der Waals surface area contributed by atoms with Gasteiger partial charge in [0.1, 0.15) is 5.82 Å². The number of nitrogens with one attached hydrogen (secondary N) is 1.